The summed E-state index contributed by atoms with van der Waals surface area (Å²) in [6.45, 7) is 3.63. The molecule has 0 spiro atoms. The first-order chi connectivity index (χ1) is 7.42. The molecule has 2 aliphatic rings. The minimum Gasteiger partial charge on any atom is -0.360 e. The van der Waals surface area contributed by atoms with Gasteiger partial charge in [0.2, 0.25) is 5.13 Å². The van der Waals surface area contributed by atoms with Crippen molar-refractivity contribution < 1.29 is 0 Å². The molecule has 1 aliphatic heterocycles. The van der Waals surface area contributed by atoms with Crippen LogP contribution in [0.15, 0.2) is 5.51 Å². The minimum atomic E-state index is 0.800. The van der Waals surface area contributed by atoms with Gasteiger partial charge in [0.05, 0.1) is 0 Å². The number of nitrogens with zero attached hydrogens (tertiary/aromatic N) is 3. The van der Waals surface area contributed by atoms with Gasteiger partial charge >= 0.3 is 0 Å². The van der Waals surface area contributed by atoms with E-state index in [1.165, 1.54) is 32.4 Å². The maximum atomic E-state index is 3.99. The Labute approximate surface area is 93.7 Å². The third-order valence-corrected chi connectivity index (χ3v) is 3.93. The summed E-state index contributed by atoms with van der Waals surface area (Å²) in [6.07, 6.45) is 4.19. The SMILES string of the molecule is c1nnc(NCC2CCN(C3CC3)C2)s1. The molecule has 2 heterocycles. The summed E-state index contributed by atoms with van der Waals surface area (Å²) in [5, 5.41) is 12.1. The van der Waals surface area contributed by atoms with E-state index < -0.39 is 0 Å². The predicted molar refractivity (Wildman–Crippen MR) is 61.1 cm³/mol. The molecule has 1 unspecified atom stereocenters. The molecule has 0 bridgehead atoms. The average Bonchev–Trinajstić information content (AvgIpc) is 2.82. The topological polar surface area (TPSA) is 41.1 Å². The first kappa shape index (κ1) is 9.54. The van der Waals surface area contributed by atoms with Crippen molar-refractivity contribution in [2.24, 2.45) is 5.92 Å². The van der Waals surface area contributed by atoms with Gasteiger partial charge in [0.1, 0.15) is 5.51 Å². The molecule has 2 fully saturated rings. The van der Waals surface area contributed by atoms with Crippen LogP contribution in [0, 0.1) is 5.92 Å². The highest BCUT2D eigenvalue weighted by Crippen LogP contribution is 2.31. The number of nitrogens with one attached hydrogen (secondary N) is 1. The summed E-state index contributed by atoms with van der Waals surface area (Å²) in [7, 11) is 0. The summed E-state index contributed by atoms with van der Waals surface area (Å²) < 4.78 is 0. The molecule has 3 rings (SSSR count). The number of aromatic nitrogens is 2. The maximum absolute atomic E-state index is 3.99. The third kappa shape index (κ3) is 2.29. The molecule has 1 aromatic heterocycles. The molecule has 82 valence electrons. The van der Waals surface area contributed by atoms with E-state index in [1.807, 2.05) is 0 Å². The van der Waals surface area contributed by atoms with Gasteiger partial charge in [-0.3, -0.25) is 0 Å². The van der Waals surface area contributed by atoms with E-state index in [0.717, 1.165) is 23.6 Å². The Kier molecular flexibility index (Phi) is 2.58. The largest absolute Gasteiger partial charge is 0.360 e. The van der Waals surface area contributed by atoms with Crippen molar-refractivity contribution in [1.82, 2.24) is 15.1 Å². The fraction of sp³-hybridized carbons (Fsp3) is 0.800. The van der Waals surface area contributed by atoms with E-state index in [1.54, 1.807) is 16.8 Å². The van der Waals surface area contributed by atoms with Gasteiger partial charge in [-0.2, -0.15) is 0 Å². The van der Waals surface area contributed by atoms with Crippen LogP contribution in [0.3, 0.4) is 0 Å². The van der Waals surface area contributed by atoms with E-state index in [0.29, 0.717) is 0 Å². The monoisotopic (exact) mass is 224 g/mol. The zero-order chi connectivity index (χ0) is 10.1. The minimum absolute atomic E-state index is 0.800. The zero-order valence-corrected chi connectivity index (χ0v) is 9.54. The molecule has 0 radical (unpaired) electrons. The van der Waals surface area contributed by atoms with Gasteiger partial charge in [-0.05, 0) is 31.7 Å². The van der Waals surface area contributed by atoms with Gasteiger partial charge in [0.15, 0.2) is 0 Å². The average molecular weight is 224 g/mol. The second kappa shape index (κ2) is 4.06. The number of anilines is 1. The highest BCUT2D eigenvalue weighted by Gasteiger charge is 2.34. The van der Waals surface area contributed by atoms with Crippen LogP contribution in [0.2, 0.25) is 0 Å². The molecule has 1 aliphatic carbocycles. The van der Waals surface area contributed by atoms with Gasteiger partial charge in [-0.25, -0.2) is 0 Å². The molecule has 0 aromatic carbocycles. The van der Waals surface area contributed by atoms with Crippen LogP contribution in [0.1, 0.15) is 19.3 Å². The van der Waals surface area contributed by atoms with Crippen molar-refractivity contribution in [2.75, 3.05) is 25.0 Å². The highest BCUT2D eigenvalue weighted by atomic mass is 32.1. The number of hydrogen-bond acceptors (Lipinski definition) is 5. The van der Waals surface area contributed by atoms with Crippen molar-refractivity contribution >= 4 is 16.5 Å². The summed E-state index contributed by atoms with van der Waals surface area (Å²) in [6, 6.07) is 0.927. The van der Waals surface area contributed by atoms with E-state index >= 15 is 0 Å². The predicted octanol–water partition coefficient (Wildman–Crippen LogP) is 1.43. The van der Waals surface area contributed by atoms with Gasteiger partial charge in [-0.1, -0.05) is 11.3 Å². The standard InChI is InChI=1S/C10H16N4S/c1-2-9(1)14-4-3-8(6-14)5-11-10-13-12-7-15-10/h7-9H,1-6H2,(H,11,13). The van der Waals surface area contributed by atoms with Gasteiger partial charge in [-0.15, -0.1) is 10.2 Å². The van der Waals surface area contributed by atoms with Crippen LogP contribution in [-0.2, 0) is 0 Å². The van der Waals surface area contributed by atoms with Crippen LogP contribution < -0.4 is 5.32 Å². The fourth-order valence-corrected chi connectivity index (χ4v) is 2.74. The molecule has 0 amide bonds. The van der Waals surface area contributed by atoms with Crippen molar-refractivity contribution in [3.8, 4) is 0 Å². The Morgan fingerprint density at radius 1 is 1.47 bits per heavy atom. The fourth-order valence-electron chi connectivity index (χ4n) is 2.28. The van der Waals surface area contributed by atoms with Crippen LogP contribution in [0.4, 0.5) is 5.13 Å². The molecule has 1 saturated carbocycles. The van der Waals surface area contributed by atoms with E-state index in [2.05, 4.69) is 20.4 Å². The first-order valence-corrected chi connectivity index (χ1v) is 6.54. The second-order valence-electron chi connectivity index (χ2n) is 4.51. The van der Waals surface area contributed by atoms with Gasteiger partial charge in [0, 0.05) is 19.1 Å². The number of rotatable bonds is 4. The molecular weight excluding hydrogens is 208 g/mol. The molecule has 5 heteroatoms. The summed E-state index contributed by atoms with van der Waals surface area (Å²) in [5.74, 6) is 0.800. The maximum Gasteiger partial charge on any atom is 0.205 e. The van der Waals surface area contributed by atoms with E-state index in [4.69, 9.17) is 0 Å². The lowest BCUT2D eigenvalue weighted by molar-refractivity contribution is 0.316. The molecule has 15 heavy (non-hydrogen) atoms. The Morgan fingerprint density at radius 2 is 2.40 bits per heavy atom. The molecule has 1 N–H and O–H groups in total. The van der Waals surface area contributed by atoms with E-state index in [-0.39, 0.29) is 0 Å². The first-order valence-electron chi connectivity index (χ1n) is 5.66. The highest BCUT2D eigenvalue weighted by molar-refractivity contribution is 7.13. The van der Waals surface area contributed by atoms with Crippen LogP contribution in [-0.4, -0.2) is 40.8 Å². The lowest BCUT2D eigenvalue weighted by Crippen LogP contribution is -2.24. The quantitative estimate of drug-likeness (QED) is 0.840. The van der Waals surface area contributed by atoms with Crippen LogP contribution in [0.5, 0.6) is 0 Å². The normalized spacial score (nSPS) is 27.1. The second-order valence-corrected chi connectivity index (χ2v) is 5.34. The van der Waals surface area contributed by atoms with E-state index in [9.17, 15) is 0 Å². The molecule has 1 saturated heterocycles. The number of likely N-dealkylation sites (tertiary alicyclic amines) is 1. The van der Waals surface area contributed by atoms with Crippen molar-refractivity contribution in [1.29, 1.82) is 0 Å². The number of hydrogen-bond donors (Lipinski definition) is 1. The Hall–Kier alpha value is -0.680. The molecule has 1 aromatic rings. The molecule has 4 nitrogen and oxygen atoms in total. The Bertz CT molecular complexity index is 309. The van der Waals surface area contributed by atoms with Crippen LogP contribution >= 0.6 is 11.3 Å². The van der Waals surface area contributed by atoms with Crippen LogP contribution in [0.25, 0.3) is 0 Å². The van der Waals surface area contributed by atoms with Gasteiger partial charge in [0.25, 0.3) is 0 Å². The Morgan fingerprint density at radius 3 is 3.13 bits per heavy atom. The molecular formula is C10H16N4S. The lowest BCUT2D eigenvalue weighted by Gasteiger charge is -2.14. The molecule has 1 atom stereocenters. The Balaban J connectivity index is 1.44. The summed E-state index contributed by atoms with van der Waals surface area (Å²) in [4.78, 5) is 2.65. The zero-order valence-electron chi connectivity index (χ0n) is 8.72. The summed E-state index contributed by atoms with van der Waals surface area (Å²) >= 11 is 1.58. The van der Waals surface area contributed by atoms with Crippen molar-refractivity contribution in [3.05, 3.63) is 5.51 Å². The lowest BCUT2D eigenvalue weighted by atomic mass is 10.1. The van der Waals surface area contributed by atoms with Crippen molar-refractivity contribution in [3.63, 3.8) is 0 Å². The van der Waals surface area contributed by atoms with Gasteiger partial charge < -0.3 is 10.2 Å². The third-order valence-electron chi connectivity index (χ3n) is 3.28. The smallest absolute Gasteiger partial charge is 0.205 e. The summed E-state index contributed by atoms with van der Waals surface area (Å²) in [5.41, 5.74) is 1.77. The van der Waals surface area contributed by atoms with Crippen molar-refractivity contribution in [2.45, 2.75) is 25.3 Å².